The maximum absolute atomic E-state index is 11.9. The van der Waals surface area contributed by atoms with Gasteiger partial charge in [-0.1, -0.05) is 0 Å². The third-order valence-corrected chi connectivity index (χ3v) is 5.62. The van der Waals surface area contributed by atoms with Crippen molar-refractivity contribution in [2.45, 2.75) is 24.9 Å². The Morgan fingerprint density at radius 1 is 1.62 bits per heavy atom. The number of carboxylic acids is 1. The van der Waals surface area contributed by atoms with E-state index in [1.165, 1.54) is 16.7 Å². The molecule has 10 heteroatoms. The van der Waals surface area contributed by atoms with Crippen LogP contribution < -0.4 is 20.8 Å². The van der Waals surface area contributed by atoms with Crippen molar-refractivity contribution in [3.8, 4) is 0 Å². The van der Waals surface area contributed by atoms with Gasteiger partial charge in [0.1, 0.15) is 11.4 Å². The van der Waals surface area contributed by atoms with Gasteiger partial charge in [0.2, 0.25) is 18.5 Å². The topological polar surface area (TPSA) is 124 Å². The van der Waals surface area contributed by atoms with Crippen LogP contribution in [0, 0.1) is 6.92 Å². The first-order valence-corrected chi connectivity index (χ1v) is 8.31. The second-order valence-electron chi connectivity index (χ2n) is 5.72. The van der Waals surface area contributed by atoms with E-state index in [0.717, 1.165) is 5.56 Å². The van der Waals surface area contributed by atoms with Gasteiger partial charge in [-0.05, 0) is 6.92 Å². The fraction of sp³-hybridized carbons (Fsp3) is 0.429. The van der Waals surface area contributed by atoms with Gasteiger partial charge in [0.05, 0.1) is 24.3 Å². The van der Waals surface area contributed by atoms with E-state index < -0.39 is 17.9 Å². The monoisotopic (exact) mass is 351 g/mol. The Morgan fingerprint density at radius 2 is 2.33 bits per heavy atom. The summed E-state index contributed by atoms with van der Waals surface area (Å²) in [5, 5.41) is 13.8. The number of thioether (sulfide) groups is 1. The molecule has 2 aliphatic heterocycles. The molecule has 2 amide bonds. The molecule has 0 spiro atoms. The molecule has 24 heavy (non-hydrogen) atoms. The number of carbonyl (C=O) groups excluding carboxylic acids is 3. The van der Waals surface area contributed by atoms with Gasteiger partial charge in [0.25, 0.3) is 0 Å². The summed E-state index contributed by atoms with van der Waals surface area (Å²) in [6.07, 6.45) is 2.38. The number of aliphatic carboxylic acids is 1. The Hall–Kier alpha value is -2.33. The number of nitrogens with zero attached hydrogens (tertiary/aromatic N) is 3. The Kier molecular flexibility index (Phi) is 4.10. The Labute approximate surface area is 142 Å². The van der Waals surface area contributed by atoms with Crippen molar-refractivity contribution in [1.29, 1.82) is 0 Å². The van der Waals surface area contributed by atoms with Crippen LogP contribution in [0.5, 0.6) is 0 Å². The third kappa shape index (κ3) is 2.38. The predicted octanol–water partition coefficient (Wildman–Crippen LogP) is -2.56. The van der Waals surface area contributed by atoms with Crippen LogP contribution in [0.15, 0.2) is 17.5 Å². The summed E-state index contributed by atoms with van der Waals surface area (Å²) in [5.74, 6) is -0.725. The van der Waals surface area contributed by atoms with E-state index in [9.17, 15) is 19.5 Å². The number of β-lactam (4-membered cyclic amide) rings is 1. The van der Waals surface area contributed by atoms with Gasteiger partial charge in [0.15, 0.2) is 12.4 Å². The number of nitrogens with one attached hydrogen (secondary N) is 1. The summed E-state index contributed by atoms with van der Waals surface area (Å²) < 4.78 is 3.48. The minimum atomic E-state index is -1.38. The zero-order valence-corrected chi connectivity index (χ0v) is 14.0. The van der Waals surface area contributed by atoms with Gasteiger partial charge < -0.3 is 21.0 Å². The van der Waals surface area contributed by atoms with Crippen LogP contribution in [-0.2, 0) is 28.0 Å². The number of fused-ring (bicyclic) bond motifs is 1. The highest BCUT2D eigenvalue weighted by atomic mass is 32.2. The van der Waals surface area contributed by atoms with Crippen molar-refractivity contribution in [2.24, 2.45) is 12.8 Å². The van der Waals surface area contributed by atoms with Crippen LogP contribution in [0.1, 0.15) is 5.56 Å². The fourth-order valence-electron chi connectivity index (χ4n) is 3.06. The highest BCUT2D eigenvalue weighted by Gasteiger charge is 2.50. The molecule has 3 rings (SSSR count). The molecule has 3 N–H and O–H groups in total. The highest BCUT2D eigenvalue weighted by molar-refractivity contribution is 8.00. The zero-order chi connectivity index (χ0) is 17.6. The zero-order valence-electron chi connectivity index (χ0n) is 13.2. The number of carbonyl (C=O) groups is 3. The summed E-state index contributed by atoms with van der Waals surface area (Å²) in [5.41, 5.74) is 7.03. The lowest BCUT2D eigenvalue weighted by atomic mass is 10.0. The van der Waals surface area contributed by atoms with Crippen molar-refractivity contribution in [3.63, 3.8) is 0 Å². The average molecular weight is 351 g/mol. The molecule has 2 atom stereocenters. The van der Waals surface area contributed by atoms with Crippen LogP contribution in [0.4, 0.5) is 5.82 Å². The van der Waals surface area contributed by atoms with E-state index in [1.54, 1.807) is 22.6 Å². The lowest BCUT2D eigenvalue weighted by Gasteiger charge is -2.49. The lowest BCUT2D eigenvalue weighted by molar-refractivity contribution is -0.765. The number of aryl methyl sites for hydroxylation is 1. The molecule has 128 valence electrons. The summed E-state index contributed by atoms with van der Waals surface area (Å²) in [7, 11) is 1.75. The average Bonchev–Trinajstić information content (AvgIpc) is 2.81. The van der Waals surface area contributed by atoms with Gasteiger partial charge >= 0.3 is 0 Å². The number of hydrogen-bond acceptors (Lipinski definition) is 6. The molecular weight excluding hydrogens is 334 g/mol. The van der Waals surface area contributed by atoms with Gasteiger partial charge in [-0.15, -0.1) is 21.1 Å². The number of amides is 2. The Balaban J connectivity index is 1.96. The Bertz CT molecular complexity index is 771. The number of anilines is 1. The van der Waals surface area contributed by atoms with E-state index in [4.69, 9.17) is 5.73 Å². The third-order valence-electron chi connectivity index (χ3n) is 4.26. The molecule has 0 aromatic carbocycles. The van der Waals surface area contributed by atoms with Crippen LogP contribution in [-0.4, -0.2) is 45.0 Å². The minimum absolute atomic E-state index is 0.0956. The highest BCUT2D eigenvalue weighted by Crippen LogP contribution is 2.39. The summed E-state index contributed by atoms with van der Waals surface area (Å²) in [6, 6.07) is -0.667. The molecule has 1 fully saturated rings. The maximum Gasteiger partial charge on any atom is 0.248 e. The van der Waals surface area contributed by atoms with Gasteiger partial charge in [-0.2, -0.15) is 0 Å². The molecule has 0 aliphatic carbocycles. The van der Waals surface area contributed by atoms with Crippen LogP contribution in [0.2, 0.25) is 0 Å². The number of carboxylic acid groups (broad SMARTS) is 1. The van der Waals surface area contributed by atoms with E-state index in [1.807, 2.05) is 6.92 Å². The SMILES string of the molecule is Cc1c[n+](CC2=C(C(=O)[O-])N3C(=O)[C@@H](N)[C@H]3SC2)n(C)c1NC=O. The predicted molar refractivity (Wildman–Crippen MR) is 83.1 cm³/mol. The second-order valence-corrected chi connectivity index (χ2v) is 6.82. The van der Waals surface area contributed by atoms with Gasteiger partial charge in [-0.25, -0.2) is 0 Å². The molecule has 1 saturated heterocycles. The first-order chi connectivity index (χ1) is 11.4. The van der Waals surface area contributed by atoms with Gasteiger partial charge in [0, 0.05) is 11.3 Å². The lowest BCUT2D eigenvalue weighted by Crippen LogP contribution is -2.69. The summed E-state index contributed by atoms with van der Waals surface area (Å²) in [6.45, 7) is 2.10. The normalized spacial score (nSPS) is 23.0. The maximum atomic E-state index is 11.9. The standard InChI is InChI=1S/C14H17N5O4S/c1-7-3-18(17(2)11(7)16-6-20)4-8-5-24-13-9(15)12(21)19(13)10(8)14(22)23/h3,6,9,13H,4-5,15H2,1-2H3,(H,22,23)/t9-,13-/m1/s1. The first kappa shape index (κ1) is 16.5. The van der Waals surface area contributed by atoms with E-state index in [0.29, 0.717) is 23.6 Å². The van der Waals surface area contributed by atoms with Gasteiger partial charge in [-0.3, -0.25) is 14.5 Å². The van der Waals surface area contributed by atoms with Crippen molar-refractivity contribution >= 4 is 35.9 Å². The quantitative estimate of drug-likeness (QED) is 0.341. The first-order valence-electron chi connectivity index (χ1n) is 7.26. The Morgan fingerprint density at radius 3 is 2.96 bits per heavy atom. The molecular formula is C14H17N5O4S. The molecule has 2 aliphatic rings. The van der Waals surface area contributed by atoms with Crippen molar-refractivity contribution < 1.29 is 24.2 Å². The molecule has 0 unspecified atom stereocenters. The number of hydrogen-bond donors (Lipinski definition) is 2. The van der Waals surface area contributed by atoms with E-state index in [2.05, 4.69) is 5.32 Å². The molecule has 3 heterocycles. The fourth-order valence-corrected chi connectivity index (χ4v) is 4.34. The molecule has 0 bridgehead atoms. The molecule has 1 aromatic rings. The molecule has 0 saturated carbocycles. The molecule has 9 nitrogen and oxygen atoms in total. The van der Waals surface area contributed by atoms with Crippen LogP contribution >= 0.6 is 11.8 Å². The minimum Gasteiger partial charge on any atom is -0.543 e. The van der Waals surface area contributed by atoms with Crippen LogP contribution in [0.25, 0.3) is 0 Å². The molecule has 0 radical (unpaired) electrons. The smallest absolute Gasteiger partial charge is 0.248 e. The number of nitrogens with two attached hydrogens (primary N) is 1. The second kappa shape index (κ2) is 5.95. The van der Waals surface area contributed by atoms with Crippen molar-refractivity contribution in [1.82, 2.24) is 9.58 Å². The summed E-state index contributed by atoms with van der Waals surface area (Å²) in [4.78, 5) is 35.4. The number of rotatable bonds is 5. The van der Waals surface area contributed by atoms with Crippen molar-refractivity contribution in [2.75, 3.05) is 11.1 Å². The van der Waals surface area contributed by atoms with E-state index in [-0.39, 0.29) is 17.6 Å². The van der Waals surface area contributed by atoms with E-state index >= 15 is 0 Å². The largest absolute Gasteiger partial charge is 0.543 e. The van der Waals surface area contributed by atoms with Crippen LogP contribution in [0.3, 0.4) is 0 Å². The van der Waals surface area contributed by atoms with Crippen molar-refractivity contribution in [3.05, 3.63) is 23.0 Å². The summed E-state index contributed by atoms with van der Waals surface area (Å²) >= 11 is 1.44. The molecule has 1 aromatic heterocycles. The number of aromatic nitrogens is 2.